The van der Waals surface area contributed by atoms with Gasteiger partial charge >= 0.3 is 0 Å². The summed E-state index contributed by atoms with van der Waals surface area (Å²) in [5.74, 6) is 1.32. The van der Waals surface area contributed by atoms with Crippen molar-refractivity contribution >= 4 is 35.6 Å². The first-order chi connectivity index (χ1) is 11.2. The molecule has 134 valence electrons. The van der Waals surface area contributed by atoms with Crippen molar-refractivity contribution in [3.63, 3.8) is 0 Å². The number of methoxy groups -OCH3 is 1. The van der Waals surface area contributed by atoms with Crippen LogP contribution < -0.4 is 15.8 Å². The number of ether oxygens (including phenoxy) is 2. The van der Waals surface area contributed by atoms with Gasteiger partial charge in [-0.05, 0) is 50.5 Å². The molecule has 2 fully saturated rings. The Morgan fingerprint density at radius 1 is 1.29 bits per heavy atom. The second kappa shape index (κ2) is 8.38. The lowest BCUT2D eigenvalue weighted by Gasteiger charge is -2.52. The summed E-state index contributed by atoms with van der Waals surface area (Å²) in [5, 5.41) is 3.18. The number of aliphatic imine (C=N–C) groups is 1. The third kappa shape index (κ3) is 3.79. The summed E-state index contributed by atoms with van der Waals surface area (Å²) >= 11 is 0. The third-order valence-electron chi connectivity index (χ3n) is 5.30. The van der Waals surface area contributed by atoms with Gasteiger partial charge in [0.1, 0.15) is 5.75 Å². The summed E-state index contributed by atoms with van der Waals surface area (Å²) < 4.78 is 11.1. The predicted octanol–water partition coefficient (Wildman–Crippen LogP) is 3.78. The van der Waals surface area contributed by atoms with Gasteiger partial charge in [0.15, 0.2) is 5.96 Å². The Bertz CT molecular complexity index is 556. The van der Waals surface area contributed by atoms with Gasteiger partial charge in [-0.15, -0.1) is 24.0 Å². The highest BCUT2D eigenvalue weighted by Crippen LogP contribution is 2.56. The molecule has 0 radical (unpaired) electrons. The van der Waals surface area contributed by atoms with E-state index in [4.69, 9.17) is 20.2 Å². The highest BCUT2D eigenvalue weighted by molar-refractivity contribution is 14.0. The van der Waals surface area contributed by atoms with Crippen molar-refractivity contribution in [3.8, 4) is 5.75 Å². The molecule has 1 aromatic rings. The summed E-state index contributed by atoms with van der Waals surface area (Å²) in [6.45, 7) is 2.85. The molecule has 0 bridgehead atoms. The van der Waals surface area contributed by atoms with E-state index in [9.17, 15) is 0 Å². The summed E-state index contributed by atoms with van der Waals surface area (Å²) in [6.07, 6.45) is 6.32. The average Bonchev–Trinajstić information content (AvgIpc) is 3.07. The van der Waals surface area contributed by atoms with Crippen LogP contribution in [0.25, 0.3) is 0 Å². The van der Waals surface area contributed by atoms with Crippen LogP contribution in [-0.2, 0) is 4.74 Å². The van der Waals surface area contributed by atoms with E-state index < -0.39 is 0 Å². The van der Waals surface area contributed by atoms with Crippen LogP contribution in [-0.4, -0.2) is 31.8 Å². The average molecular weight is 445 g/mol. The molecule has 0 heterocycles. The number of guanidine groups is 1. The molecule has 0 aromatic heterocycles. The molecule has 5 nitrogen and oxygen atoms in total. The molecule has 3 N–H and O–H groups in total. The van der Waals surface area contributed by atoms with Crippen LogP contribution in [0.3, 0.4) is 0 Å². The molecule has 3 rings (SSSR count). The maximum Gasteiger partial charge on any atom is 0.193 e. The standard InChI is InChI=1S/C18H27N3O2.HI/c1-3-23-16-12-15(18(16)10-4-5-11-18)21-17(19)20-13-6-8-14(22-2)9-7-13;/h6-9,15-16H,3-5,10-12H2,1-2H3,(H3,19,20,21);1H. The van der Waals surface area contributed by atoms with Crippen LogP contribution in [0.2, 0.25) is 0 Å². The van der Waals surface area contributed by atoms with Gasteiger partial charge in [-0.2, -0.15) is 0 Å². The SMILES string of the molecule is CCOC1CC(N=C(N)Nc2ccc(OC)cc2)C12CCCC2.I. The largest absolute Gasteiger partial charge is 0.497 e. The Hall–Kier alpha value is -1.02. The number of halogens is 1. The van der Waals surface area contributed by atoms with E-state index in [1.165, 1.54) is 25.7 Å². The van der Waals surface area contributed by atoms with Gasteiger partial charge in [-0.1, -0.05) is 12.8 Å². The van der Waals surface area contributed by atoms with E-state index in [2.05, 4.69) is 12.2 Å². The predicted molar refractivity (Wildman–Crippen MR) is 108 cm³/mol. The van der Waals surface area contributed by atoms with Gasteiger partial charge in [0.2, 0.25) is 0 Å². The third-order valence-corrected chi connectivity index (χ3v) is 5.30. The van der Waals surface area contributed by atoms with Gasteiger partial charge in [-0.25, -0.2) is 4.99 Å². The van der Waals surface area contributed by atoms with Crippen molar-refractivity contribution in [3.05, 3.63) is 24.3 Å². The number of rotatable bonds is 5. The van der Waals surface area contributed by atoms with Crippen molar-refractivity contribution in [1.29, 1.82) is 0 Å². The van der Waals surface area contributed by atoms with E-state index in [0.29, 0.717) is 12.1 Å². The highest BCUT2D eigenvalue weighted by atomic mass is 127. The maximum atomic E-state index is 6.12. The molecule has 1 aromatic carbocycles. The fourth-order valence-corrected chi connectivity index (χ4v) is 4.05. The molecule has 2 atom stereocenters. The number of hydrogen-bond donors (Lipinski definition) is 2. The van der Waals surface area contributed by atoms with E-state index >= 15 is 0 Å². The Morgan fingerprint density at radius 2 is 1.96 bits per heavy atom. The van der Waals surface area contributed by atoms with Crippen LogP contribution in [0.4, 0.5) is 5.69 Å². The molecular weight excluding hydrogens is 417 g/mol. The Labute approximate surface area is 161 Å². The van der Waals surface area contributed by atoms with Crippen LogP contribution in [0.15, 0.2) is 29.3 Å². The molecule has 2 aliphatic carbocycles. The molecule has 1 spiro atoms. The van der Waals surface area contributed by atoms with E-state index in [-0.39, 0.29) is 35.4 Å². The van der Waals surface area contributed by atoms with Crippen molar-refractivity contribution in [2.75, 3.05) is 19.0 Å². The summed E-state index contributed by atoms with van der Waals surface area (Å²) in [4.78, 5) is 4.76. The zero-order valence-corrected chi connectivity index (χ0v) is 16.8. The molecule has 2 unspecified atom stereocenters. The Kier molecular flexibility index (Phi) is 6.74. The first-order valence-corrected chi connectivity index (χ1v) is 8.54. The maximum absolute atomic E-state index is 6.12. The van der Waals surface area contributed by atoms with Crippen molar-refractivity contribution in [1.82, 2.24) is 0 Å². The topological polar surface area (TPSA) is 68.9 Å². The molecule has 0 amide bonds. The van der Waals surface area contributed by atoms with E-state index in [1.54, 1.807) is 7.11 Å². The Morgan fingerprint density at radius 3 is 2.54 bits per heavy atom. The van der Waals surface area contributed by atoms with Crippen LogP contribution >= 0.6 is 24.0 Å². The number of nitrogens with two attached hydrogens (primary N) is 1. The van der Waals surface area contributed by atoms with Gasteiger partial charge in [-0.3, -0.25) is 0 Å². The number of anilines is 1. The zero-order chi connectivity index (χ0) is 16.3. The number of hydrogen-bond acceptors (Lipinski definition) is 3. The lowest BCUT2D eigenvalue weighted by Crippen LogP contribution is -2.56. The highest BCUT2D eigenvalue weighted by Gasteiger charge is 2.56. The minimum absolute atomic E-state index is 0. The van der Waals surface area contributed by atoms with Gasteiger partial charge in [0.25, 0.3) is 0 Å². The number of nitrogens with one attached hydrogen (secondary N) is 1. The zero-order valence-electron chi connectivity index (χ0n) is 14.5. The van der Waals surface area contributed by atoms with Crippen LogP contribution in [0, 0.1) is 5.41 Å². The van der Waals surface area contributed by atoms with Gasteiger partial charge in [0.05, 0.1) is 19.3 Å². The molecule has 6 heteroatoms. The molecule has 2 aliphatic rings. The van der Waals surface area contributed by atoms with Gasteiger partial charge in [0, 0.05) is 17.7 Å². The first kappa shape index (κ1) is 19.3. The fraction of sp³-hybridized carbons (Fsp3) is 0.611. The van der Waals surface area contributed by atoms with Crippen molar-refractivity contribution in [2.45, 2.75) is 51.2 Å². The fourth-order valence-electron chi connectivity index (χ4n) is 4.05. The van der Waals surface area contributed by atoms with Crippen molar-refractivity contribution < 1.29 is 9.47 Å². The molecule has 2 saturated carbocycles. The monoisotopic (exact) mass is 445 g/mol. The minimum atomic E-state index is 0. The van der Waals surface area contributed by atoms with Crippen LogP contribution in [0.1, 0.15) is 39.0 Å². The number of benzene rings is 1. The first-order valence-electron chi connectivity index (χ1n) is 8.54. The molecular formula is C18H28IN3O2. The van der Waals surface area contributed by atoms with E-state index in [0.717, 1.165) is 24.5 Å². The number of nitrogens with zero attached hydrogens (tertiary/aromatic N) is 1. The second-order valence-corrected chi connectivity index (χ2v) is 6.50. The van der Waals surface area contributed by atoms with Crippen molar-refractivity contribution in [2.24, 2.45) is 16.1 Å². The smallest absolute Gasteiger partial charge is 0.193 e. The molecule has 0 aliphatic heterocycles. The lowest BCUT2D eigenvalue weighted by molar-refractivity contribution is -0.119. The minimum Gasteiger partial charge on any atom is -0.497 e. The van der Waals surface area contributed by atoms with E-state index in [1.807, 2.05) is 24.3 Å². The van der Waals surface area contributed by atoms with Crippen LogP contribution in [0.5, 0.6) is 5.75 Å². The molecule has 0 saturated heterocycles. The summed E-state index contributed by atoms with van der Waals surface area (Å²) in [6, 6.07) is 7.98. The summed E-state index contributed by atoms with van der Waals surface area (Å²) in [7, 11) is 1.66. The summed E-state index contributed by atoms with van der Waals surface area (Å²) in [5.41, 5.74) is 7.27. The molecule has 24 heavy (non-hydrogen) atoms. The second-order valence-electron chi connectivity index (χ2n) is 6.50. The van der Waals surface area contributed by atoms with Gasteiger partial charge < -0.3 is 20.5 Å². The Balaban J connectivity index is 0.00000208. The normalized spacial score (nSPS) is 25.0. The quantitative estimate of drug-likeness (QED) is 0.411. The lowest BCUT2D eigenvalue weighted by atomic mass is 9.61.